The van der Waals surface area contributed by atoms with Gasteiger partial charge in [0, 0.05) is 18.7 Å². The zero-order valence-electron chi connectivity index (χ0n) is 12.8. The average molecular weight is 299 g/mol. The lowest BCUT2D eigenvalue weighted by Crippen LogP contribution is -2.25. The number of nitrogens with one attached hydrogen (secondary N) is 1. The predicted molar refractivity (Wildman–Crippen MR) is 88.4 cm³/mol. The quantitative estimate of drug-likeness (QED) is 0.484. The Bertz CT molecular complexity index is 642. The zero-order chi connectivity index (χ0) is 16.1. The van der Waals surface area contributed by atoms with Gasteiger partial charge in [-0.05, 0) is 23.1 Å². The van der Waals surface area contributed by atoms with Gasteiger partial charge in [0.1, 0.15) is 5.69 Å². The van der Waals surface area contributed by atoms with Gasteiger partial charge in [0.25, 0.3) is 5.69 Å². The summed E-state index contributed by atoms with van der Waals surface area (Å²) in [6.45, 7) is 4.85. The molecule has 0 spiro atoms. The van der Waals surface area contributed by atoms with E-state index in [9.17, 15) is 10.1 Å². The fourth-order valence-electron chi connectivity index (χ4n) is 2.48. The van der Waals surface area contributed by atoms with Crippen molar-refractivity contribution in [2.75, 3.05) is 5.73 Å². The monoisotopic (exact) mass is 299 g/mol. The van der Waals surface area contributed by atoms with Crippen molar-refractivity contribution in [2.24, 2.45) is 5.92 Å². The maximum atomic E-state index is 10.9. The Labute approximate surface area is 130 Å². The molecule has 2 rings (SSSR count). The minimum Gasteiger partial charge on any atom is -0.393 e. The lowest BCUT2D eigenvalue weighted by atomic mass is 9.96. The molecule has 3 N–H and O–H groups in total. The summed E-state index contributed by atoms with van der Waals surface area (Å²) < 4.78 is 0. The van der Waals surface area contributed by atoms with Crippen molar-refractivity contribution in [3.8, 4) is 0 Å². The van der Waals surface area contributed by atoms with Crippen molar-refractivity contribution in [3.05, 3.63) is 69.8 Å². The Morgan fingerprint density at radius 3 is 2.45 bits per heavy atom. The van der Waals surface area contributed by atoms with Gasteiger partial charge in [0.2, 0.25) is 0 Å². The van der Waals surface area contributed by atoms with Crippen LogP contribution in [0.4, 0.5) is 11.4 Å². The molecule has 0 saturated carbocycles. The van der Waals surface area contributed by atoms with E-state index in [-0.39, 0.29) is 17.4 Å². The summed E-state index contributed by atoms with van der Waals surface area (Å²) in [5.74, 6) is 0.408. The lowest BCUT2D eigenvalue weighted by molar-refractivity contribution is -0.384. The number of nitrogens with two attached hydrogens (primary N) is 1. The van der Waals surface area contributed by atoms with E-state index in [0.29, 0.717) is 12.5 Å². The molecule has 1 atom stereocenters. The van der Waals surface area contributed by atoms with Crippen LogP contribution in [0.15, 0.2) is 48.5 Å². The molecule has 0 aliphatic carbocycles. The summed E-state index contributed by atoms with van der Waals surface area (Å²) in [5, 5.41) is 14.4. The summed E-state index contributed by atoms with van der Waals surface area (Å²) in [6.07, 6.45) is 0. The van der Waals surface area contributed by atoms with Crippen molar-refractivity contribution in [1.29, 1.82) is 0 Å². The van der Waals surface area contributed by atoms with E-state index in [1.165, 1.54) is 11.6 Å². The first-order valence-electron chi connectivity index (χ1n) is 7.30. The molecular formula is C17H21N3O2. The summed E-state index contributed by atoms with van der Waals surface area (Å²) in [4.78, 5) is 10.5. The molecule has 116 valence electrons. The van der Waals surface area contributed by atoms with E-state index in [0.717, 1.165) is 5.56 Å². The second-order valence-corrected chi connectivity index (χ2v) is 5.66. The molecule has 0 bridgehead atoms. The minimum absolute atomic E-state index is 0.0416. The van der Waals surface area contributed by atoms with Crippen LogP contribution in [0.25, 0.3) is 0 Å². The van der Waals surface area contributed by atoms with E-state index in [2.05, 4.69) is 31.3 Å². The fraction of sp³-hybridized carbons (Fsp3) is 0.294. The van der Waals surface area contributed by atoms with Crippen LogP contribution in [-0.4, -0.2) is 4.92 Å². The number of benzene rings is 2. The Balaban J connectivity index is 2.13. The number of anilines is 1. The number of nitrogen functional groups attached to an aromatic ring is 1. The first kappa shape index (κ1) is 16.0. The van der Waals surface area contributed by atoms with E-state index in [4.69, 9.17) is 5.73 Å². The van der Waals surface area contributed by atoms with E-state index in [1.54, 1.807) is 6.07 Å². The van der Waals surface area contributed by atoms with Crippen LogP contribution in [-0.2, 0) is 6.54 Å². The molecule has 0 aliphatic rings. The van der Waals surface area contributed by atoms with Crippen LogP contribution in [0.2, 0.25) is 0 Å². The minimum atomic E-state index is -0.448. The molecule has 5 heteroatoms. The van der Waals surface area contributed by atoms with E-state index >= 15 is 0 Å². The van der Waals surface area contributed by atoms with Gasteiger partial charge in [-0.2, -0.15) is 0 Å². The highest BCUT2D eigenvalue weighted by Gasteiger charge is 2.16. The fourth-order valence-corrected chi connectivity index (χ4v) is 2.48. The molecule has 0 amide bonds. The van der Waals surface area contributed by atoms with Crippen LogP contribution < -0.4 is 11.1 Å². The molecule has 22 heavy (non-hydrogen) atoms. The molecular weight excluding hydrogens is 278 g/mol. The highest BCUT2D eigenvalue weighted by atomic mass is 16.6. The van der Waals surface area contributed by atoms with E-state index < -0.39 is 4.92 Å². The number of nitrogens with zero attached hydrogens (tertiary/aromatic N) is 1. The molecule has 0 aromatic heterocycles. The van der Waals surface area contributed by atoms with Crippen molar-refractivity contribution >= 4 is 11.4 Å². The van der Waals surface area contributed by atoms with Crippen molar-refractivity contribution in [2.45, 2.75) is 26.4 Å². The van der Waals surface area contributed by atoms with Crippen LogP contribution in [0.3, 0.4) is 0 Å². The molecule has 0 fully saturated rings. The van der Waals surface area contributed by atoms with Crippen molar-refractivity contribution in [3.63, 3.8) is 0 Å². The summed E-state index contributed by atoms with van der Waals surface area (Å²) in [6, 6.07) is 15.3. The number of nitro groups is 1. The maximum absolute atomic E-state index is 10.9. The first-order chi connectivity index (χ1) is 10.5. The van der Waals surface area contributed by atoms with Crippen LogP contribution >= 0.6 is 0 Å². The molecule has 5 nitrogen and oxygen atoms in total. The molecule has 0 saturated heterocycles. The number of hydrogen-bond acceptors (Lipinski definition) is 4. The van der Waals surface area contributed by atoms with Gasteiger partial charge in [-0.25, -0.2) is 0 Å². The third-order valence-corrected chi connectivity index (χ3v) is 3.64. The molecule has 0 radical (unpaired) electrons. The smallest absolute Gasteiger partial charge is 0.292 e. The van der Waals surface area contributed by atoms with Crippen molar-refractivity contribution < 1.29 is 4.92 Å². The molecule has 0 unspecified atom stereocenters. The SMILES string of the molecule is CC(C)[C@H](NCc1ccc(N)c([N+](=O)[O-])c1)c1ccccc1. The summed E-state index contributed by atoms with van der Waals surface area (Å²) >= 11 is 0. The van der Waals surface area contributed by atoms with Crippen LogP contribution in [0, 0.1) is 16.0 Å². The van der Waals surface area contributed by atoms with Gasteiger partial charge in [-0.3, -0.25) is 10.1 Å². The normalized spacial score (nSPS) is 12.3. The third-order valence-electron chi connectivity index (χ3n) is 3.64. The molecule has 2 aromatic rings. The Hall–Kier alpha value is -2.40. The van der Waals surface area contributed by atoms with Gasteiger partial charge in [0.15, 0.2) is 0 Å². The van der Waals surface area contributed by atoms with Gasteiger partial charge < -0.3 is 11.1 Å². The predicted octanol–water partition coefficient (Wildman–Crippen LogP) is 3.66. The van der Waals surface area contributed by atoms with Gasteiger partial charge in [-0.15, -0.1) is 0 Å². The van der Waals surface area contributed by atoms with Gasteiger partial charge in [-0.1, -0.05) is 50.2 Å². The van der Waals surface area contributed by atoms with Crippen LogP contribution in [0.1, 0.15) is 31.0 Å². The Kier molecular flexibility index (Phi) is 5.12. The second-order valence-electron chi connectivity index (χ2n) is 5.66. The van der Waals surface area contributed by atoms with E-state index in [1.807, 2.05) is 24.3 Å². The molecule has 0 aliphatic heterocycles. The topological polar surface area (TPSA) is 81.2 Å². The van der Waals surface area contributed by atoms with Crippen molar-refractivity contribution in [1.82, 2.24) is 5.32 Å². The number of nitro benzene ring substituents is 1. The Morgan fingerprint density at radius 2 is 1.86 bits per heavy atom. The zero-order valence-corrected chi connectivity index (χ0v) is 12.8. The summed E-state index contributed by atoms with van der Waals surface area (Å²) in [5.41, 5.74) is 7.83. The highest BCUT2D eigenvalue weighted by molar-refractivity contribution is 5.59. The average Bonchev–Trinajstić information content (AvgIpc) is 2.49. The highest BCUT2D eigenvalue weighted by Crippen LogP contribution is 2.25. The standard InChI is InChI=1S/C17H21N3O2/c1-12(2)17(14-6-4-3-5-7-14)19-11-13-8-9-15(18)16(10-13)20(21)22/h3-10,12,17,19H,11,18H2,1-2H3/t17-/m0/s1. The maximum Gasteiger partial charge on any atom is 0.292 e. The number of rotatable bonds is 6. The Morgan fingerprint density at radius 1 is 1.18 bits per heavy atom. The summed E-state index contributed by atoms with van der Waals surface area (Å²) in [7, 11) is 0. The second kappa shape index (κ2) is 7.04. The largest absolute Gasteiger partial charge is 0.393 e. The third kappa shape index (κ3) is 3.83. The lowest BCUT2D eigenvalue weighted by Gasteiger charge is -2.23. The van der Waals surface area contributed by atoms with Crippen LogP contribution in [0.5, 0.6) is 0 Å². The molecule has 2 aromatic carbocycles. The van der Waals surface area contributed by atoms with Gasteiger partial charge in [0.05, 0.1) is 4.92 Å². The van der Waals surface area contributed by atoms with Gasteiger partial charge >= 0.3 is 0 Å². The first-order valence-corrected chi connectivity index (χ1v) is 7.30. The number of hydrogen-bond donors (Lipinski definition) is 2. The molecule has 0 heterocycles.